The molecule has 0 bridgehead atoms. The Balaban J connectivity index is 2.73. The number of hydrogen-bond donors (Lipinski definition) is 1. The van der Waals surface area contributed by atoms with E-state index in [1.54, 1.807) is 31.2 Å². The van der Waals surface area contributed by atoms with Crippen molar-refractivity contribution in [3.63, 3.8) is 0 Å². The van der Waals surface area contributed by atoms with Gasteiger partial charge in [0.2, 0.25) is 0 Å². The lowest BCUT2D eigenvalue weighted by Gasteiger charge is -2.02. The van der Waals surface area contributed by atoms with Crippen LogP contribution in [0, 0.1) is 0 Å². The summed E-state index contributed by atoms with van der Waals surface area (Å²) in [7, 11) is 0. The Morgan fingerprint density at radius 3 is 2.44 bits per heavy atom. The molecule has 0 heterocycles. The number of carboxylic acids is 1. The van der Waals surface area contributed by atoms with Gasteiger partial charge in [0, 0.05) is 5.56 Å². The van der Waals surface area contributed by atoms with E-state index < -0.39 is 5.97 Å². The van der Waals surface area contributed by atoms with Crippen molar-refractivity contribution in [2.45, 2.75) is 13.3 Å². The van der Waals surface area contributed by atoms with Crippen LogP contribution in [-0.2, 0) is 4.79 Å². The Labute approximate surface area is 93.2 Å². The first kappa shape index (κ1) is 12.0. The topological polar surface area (TPSA) is 63.6 Å². The number of carbonyl (C=O) groups excluding carboxylic acids is 1. The van der Waals surface area contributed by atoms with Crippen molar-refractivity contribution in [2.75, 3.05) is 0 Å². The van der Waals surface area contributed by atoms with Gasteiger partial charge in [-0.05, 0) is 30.7 Å². The fourth-order valence-electron chi connectivity index (χ4n) is 1.05. The molecule has 4 heteroatoms. The largest absolute Gasteiger partial charge is 0.478 e. The second kappa shape index (κ2) is 5.70. The SMILES string of the molecule is CCC(=COc1ccc(C=O)cc1)C(=O)O. The van der Waals surface area contributed by atoms with Gasteiger partial charge >= 0.3 is 5.97 Å². The predicted octanol–water partition coefficient (Wildman–Crippen LogP) is 2.26. The first-order valence-corrected chi connectivity index (χ1v) is 4.81. The summed E-state index contributed by atoms with van der Waals surface area (Å²) in [4.78, 5) is 21.0. The van der Waals surface area contributed by atoms with E-state index >= 15 is 0 Å². The van der Waals surface area contributed by atoms with Crippen LogP contribution >= 0.6 is 0 Å². The number of ether oxygens (including phenoxy) is 1. The molecule has 0 unspecified atom stereocenters. The zero-order chi connectivity index (χ0) is 12.0. The van der Waals surface area contributed by atoms with Crippen LogP contribution in [0.5, 0.6) is 5.75 Å². The molecule has 0 spiro atoms. The van der Waals surface area contributed by atoms with Crippen LogP contribution in [0.4, 0.5) is 0 Å². The lowest BCUT2D eigenvalue weighted by atomic mass is 10.2. The van der Waals surface area contributed by atoms with Crippen LogP contribution in [0.25, 0.3) is 0 Å². The normalized spacial score (nSPS) is 10.9. The molecule has 0 saturated carbocycles. The van der Waals surface area contributed by atoms with E-state index in [2.05, 4.69) is 0 Å². The van der Waals surface area contributed by atoms with Gasteiger partial charge in [-0.2, -0.15) is 0 Å². The Hall–Kier alpha value is -2.10. The highest BCUT2D eigenvalue weighted by atomic mass is 16.5. The lowest BCUT2D eigenvalue weighted by molar-refractivity contribution is -0.132. The van der Waals surface area contributed by atoms with Gasteiger partial charge in [0.25, 0.3) is 0 Å². The Morgan fingerprint density at radius 1 is 1.38 bits per heavy atom. The minimum absolute atomic E-state index is 0.194. The second-order valence-corrected chi connectivity index (χ2v) is 3.11. The summed E-state index contributed by atoms with van der Waals surface area (Å²) >= 11 is 0. The summed E-state index contributed by atoms with van der Waals surface area (Å²) in [6, 6.07) is 6.41. The molecule has 0 fully saturated rings. The number of rotatable bonds is 5. The van der Waals surface area contributed by atoms with E-state index in [-0.39, 0.29) is 5.57 Å². The van der Waals surface area contributed by atoms with E-state index in [0.717, 1.165) is 6.29 Å². The third-order valence-corrected chi connectivity index (χ3v) is 2.01. The fraction of sp³-hybridized carbons (Fsp3) is 0.167. The maximum Gasteiger partial charge on any atom is 0.334 e. The quantitative estimate of drug-likeness (QED) is 0.469. The molecule has 1 N–H and O–H groups in total. The number of carbonyl (C=O) groups is 2. The molecule has 1 aromatic carbocycles. The highest BCUT2D eigenvalue weighted by Crippen LogP contribution is 2.12. The van der Waals surface area contributed by atoms with Crippen LogP contribution in [-0.4, -0.2) is 17.4 Å². The number of carboxylic acid groups (broad SMARTS) is 1. The lowest BCUT2D eigenvalue weighted by Crippen LogP contribution is -2.01. The molecule has 0 amide bonds. The van der Waals surface area contributed by atoms with Crippen molar-refractivity contribution in [1.29, 1.82) is 0 Å². The second-order valence-electron chi connectivity index (χ2n) is 3.11. The first-order chi connectivity index (χ1) is 7.67. The summed E-state index contributed by atoms with van der Waals surface area (Å²) in [6.07, 6.45) is 2.33. The molecule has 0 radical (unpaired) electrons. The standard InChI is InChI=1S/C12H12O4/c1-2-10(12(14)15)8-16-11-5-3-9(7-13)4-6-11/h3-8H,2H2,1H3,(H,14,15). The average molecular weight is 220 g/mol. The maximum absolute atomic E-state index is 10.7. The van der Waals surface area contributed by atoms with E-state index in [9.17, 15) is 9.59 Å². The molecule has 0 aliphatic heterocycles. The van der Waals surface area contributed by atoms with Crippen LogP contribution in [0.1, 0.15) is 23.7 Å². The number of aliphatic carboxylic acids is 1. The van der Waals surface area contributed by atoms with E-state index in [1.165, 1.54) is 6.26 Å². The molecule has 0 aliphatic carbocycles. The molecular formula is C12H12O4. The van der Waals surface area contributed by atoms with Gasteiger partial charge in [-0.15, -0.1) is 0 Å². The van der Waals surface area contributed by atoms with Crippen molar-refractivity contribution in [3.05, 3.63) is 41.7 Å². The van der Waals surface area contributed by atoms with Crippen molar-refractivity contribution >= 4 is 12.3 Å². The third kappa shape index (κ3) is 3.24. The van der Waals surface area contributed by atoms with Gasteiger partial charge in [-0.25, -0.2) is 4.79 Å². The third-order valence-electron chi connectivity index (χ3n) is 2.01. The molecular weight excluding hydrogens is 208 g/mol. The van der Waals surface area contributed by atoms with Gasteiger partial charge in [-0.3, -0.25) is 4.79 Å². The van der Waals surface area contributed by atoms with Crippen molar-refractivity contribution in [2.24, 2.45) is 0 Å². The summed E-state index contributed by atoms with van der Waals surface area (Å²) in [5, 5.41) is 8.74. The fourth-order valence-corrected chi connectivity index (χ4v) is 1.05. The highest BCUT2D eigenvalue weighted by Gasteiger charge is 2.04. The Kier molecular flexibility index (Phi) is 4.27. The highest BCUT2D eigenvalue weighted by molar-refractivity contribution is 5.86. The summed E-state index contributed by atoms with van der Waals surface area (Å²) in [5.41, 5.74) is 0.741. The molecule has 0 atom stereocenters. The number of benzene rings is 1. The zero-order valence-electron chi connectivity index (χ0n) is 8.84. The molecule has 1 aromatic rings. The van der Waals surface area contributed by atoms with Crippen LogP contribution in [0.15, 0.2) is 36.1 Å². The number of aldehydes is 1. The predicted molar refractivity (Wildman–Crippen MR) is 58.5 cm³/mol. The van der Waals surface area contributed by atoms with Gasteiger partial charge in [0.1, 0.15) is 18.3 Å². The molecule has 1 rings (SSSR count). The molecule has 0 saturated heterocycles. The van der Waals surface area contributed by atoms with Gasteiger partial charge < -0.3 is 9.84 Å². The van der Waals surface area contributed by atoms with Crippen LogP contribution in [0.3, 0.4) is 0 Å². The van der Waals surface area contributed by atoms with E-state index in [4.69, 9.17) is 9.84 Å². The summed E-state index contributed by atoms with van der Waals surface area (Å²) < 4.78 is 5.16. The molecule has 4 nitrogen and oxygen atoms in total. The molecule has 16 heavy (non-hydrogen) atoms. The van der Waals surface area contributed by atoms with Crippen LogP contribution < -0.4 is 4.74 Å². The first-order valence-electron chi connectivity index (χ1n) is 4.81. The van der Waals surface area contributed by atoms with E-state index in [0.29, 0.717) is 17.7 Å². The Bertz CT molecular complexity index is 404. The minimum Gasteiger partial charge on any atom is -0.478 e. The van der Waals surface area contributed by atoms with Crippen LogP contribution in [0.2, 0.25) is 0 Å². The van der Waals surface area contributed by atoms with Gasteiger partial charge in [0.05, 0.1) is 5.57 Å². The summed E-state index contributed by atoms with van der Waals surface area (Å²) in [6.45, 7) is 1.73. The molecule has 0 aromatic heterocycles. The smallest absolute Gasteiger partial charge is 0.334 e. The van der Waals surface area contributed by atoms with Gasteiger partial charge in [-0.1, -0.05) is 6.92 Å². The Morgan fingerprint density at radius 2 is 2.00 bits per heavy atom. The van der Waals surface area contributed by atoms with E-state index in [1.807, 2.05) is 0 Å². The maximum atomic E-state index is 10.7. The monoisotopic (exact) mass is 220 g/mol. The average Bonchev–Trinajstić information content (AvgIpc) is 2.30. The van der Waals surface area contributed by atoms with Gasteiger partial charge in [0.15, 0.2) is 0 Å². The summed E-state index contributed by atoms with van der Waals surface area (Å²) in [5.74, 6) is -0.496. The minimum atomic E-state index is -0.994. The number of hydrogen-bond acceptors (Lipinski definition) is 3. The van der Waals surface area contributed by atoms with Crippen molar-refractivity contribution in [3.8, 4) is 5.75 Å². The van der Waals surface area contributed by atoms with Crippen molar-refractivity contribution < 1.29 is 19.4 Å². The zero-order valence-corrected chi connectivity index (χ0v) is 8.84. The molecule has 84 valence electrons. The molecule has 0 aliphatic rings. The van der Waals surface area contributed by atoms with Crippen molar-refractivity contribution in [1.82, 2.24) is 0 Å².